The monoisotopic (exact) mass is 410 g/mol. The molecule has 1 aromatic carbocycles. The Kier molecular flexibility index (Phi) is 5.96. The van der Waals surface area contributed by atoms with Crippen molar-refractivity contribution in [2.75, 3.05) is 18.4 Å². The number of hydrogen-bond donors (Lipinski definition) is 2. The van der Waals surface area contributed by atoms with Crippen molar-refractivity contribution in [2.24, 2.45) is 11.7 Å². The topological polar surface area (TPSA) is 88.3 Å². The number of carbonyl (C=O) groups excluding carboxylic acids is 2. The van der Waals surface area contributed by atoms with Crippen LogP contribution in [0.1, 0.15) is 29.1 Å². The molecule has 3 N–H and O–H groups in total. The van der Waals surface area contributed by atoms with Crippen molar-refractivity contribution in [1.82, 2.24) is 9.88 Å². The van der Waals surface area contributed by atoms with Gasteiger partial charge in [-0.15, -0.1) is 11.3 Å². The Bertz CT molecular complexity index is 845. The first-order chi connectivity index (χ1) is 12.8. The number of nitrogens with zero attached hydrogens (tertiary/aromatic N) is 2. The van der Waals surface area contributed by atoms with Crippen LogP contribution in [0.25, 0.3) is 0 Å². The Balaban J connectivity index is 1.63. The van der Waals surface area contributed by atoms with Gasteiger partial charge < -0.3 is 10.6 Å². The van der Waals surface area contributed by atoms with Crippen molar-refractivity contribution in [3.8, 4) is 0 Å². The first kappa shape index (κ1) is 19.6. The van der Waals surface area contributed by atoms with E-state index in [4.69, 9.17) is 17.3 Å². The molecule has 6 nitrogen and oxygen atoms in total. The number of benzene rings is 1. The summed E-state index contributed by atoms with van der Waals surface area (Å²) in [5.41, 5.74) is 6.75. The Morgan fingerprint density at radius 1 is 1.37 bits per heavy atom. The molecule has 1 aliphatic heterocycles. The van der Waals surface area contributed by atoms with E-state index in [1.165, 1.54) is 23.5 Å². The number of aryl methyl sites for hydroxylation is 1. The SMILES string of the molecule is Cc1nc(Cc2cc(F)cc(Cl)c2)sc1NC(=O)N1CCC(C(N)=O)CC1. The number of carbonyl (C=O) groups is 2. The summed E-state index contributed by atoms with van der Waals surface area (Å²) in [6.45, 7) is 2.80. The van der Waals surface area contributed by atoms with Crippen LogP contribution in [0.2, 0.25) is 5.02 Å². The maximum absolute atomic E-state index is 13.5. The van der Waals surface area contributed by atoms with Crippen molar-refractivity contribution in [3.63, 3.8) is 0 Å². The summed E-state index contributed by atoms with van der Waals surface area (Å²) in [5, 5.41) is 4.64. The third-order valence-electron chi connectivity index (χ3n) is 4.52. The van der Waals surface area contributed by atoms with Gasteiger partial charge in [-0.3, -0.25) is 10.1 Å². The molecule has 0 unspecified atom stereocenters. The molecule has 0 saturated carbocycles. The van der Waals surface area contributed by atoms with Gasteiger partial charge in [-0.1, -0.05) is 11.6 Å². The van der Waals surface area contributed by atoms with E-state index in [1.807, 2.05) is 6.92 Å². The predicted octanol–water partition coefficient (Wildman–Crippen LogP) is 3.56. The smallest absolute Gasteiger partial charge is 0.322 e. The normalized spacial score (nSPS) is 15.0. The van der Waals surface area contributed by atoms with E-state index in [-0.39, 0.29) is 17.9 Å². The van der Waals surface area contributed by atoms with Crippen LogP contribution in [0.4, 0.5) is 14.2 Å². The molecular weight excluding hydrogens is 391 g/mol. The van der Waals surface area contributed by atoms with Crippen LogP contribution in [0, 0.1) is 18.7 Å². The molecule has 0 atom stereocenters. The summed E-state index contributed by atoms with van der Waals surface area (Å²) in [5.74, 6) is -0.863. The molecule has 9 heteroatoms. The molecule has 27 heavy (non-hydrogen) atoms. The van der Waals surface area contributed by atoms with E-state index < -0.39 is 5.82 Å². The van der Waals surface area contributed by atoms with Crippen molar-refractivity contribution in [1.29, 1.82) is 0 Å². The second-order valence-electron chi connectivity index (χ2n) is 6.57. The van der Waals surface area contributed by atoms with Gasteiger partial charge in [-0.25, -0.2) is 14.2 Å². The summed E-state index contributed by atoms with van der Waals surface area (Å²) in [4.78, 5) is 29.8. The summed E-state index contributed by atoms with van der Waals surface area (Å²) in [7, 11) is 0. The Morgan fingerprint density at radius 3 is 2.70 bits per heavy atom. The van der Waals surface area contributed by atoms with Gasteiger partial charge in [0, 0.05) is 30.5 Å². The molecule has 0 radical (unpaired) electrons. The number of nitrogens with two attached hydrogens (primary N) is 1. The lowest BCUT2D eigenvalue weighted by Crippen LogP contribution is -2.43. The largest absolute Gasteiger partial charge is 0.369 e. The number of rotatable bonds is 4. The average Bonchev–Trinajstić information content (AvgIpc) is 2.93. The number of urea groups is 1. The second kappa shape index (κ2) is 8.22. The molecule has 1 aliphatic rings. The van der Waals surface area contributed by atoms with Crippen LogP contribution in [0.5, 0.6) is 0 Å². The number of primary amides is 1. The molecular formula is C18H20ClFN4O2S. The standard InChI is InChI=1S/C18H20ClFN4O2S/c1-10-17(23-18(26)24-4-2-12(3-5-24)16(21)25)27-15(22-10)8-11-6-13(19)9-14(20)7-11/h6-7,9,12H,2-5,8H2,1H3,(H2,21,25)(H,23,26). The van der Waals surface area contributed by atoms with Crippen LogP contribution in [0.15, 0.2) is 18.2 Å². The molecule has 0 bridgehead atoms. The lowest BCUT2D eigenvalue weighted by molar-refractivity contribution is -0.122. The van der Waals surface area contributed by atoms with Crippen LogP contribution in [0.3, 0.4) is 0 Å². The van der Waals surface area contributed by atoms with Crippen molar-refractivity contribution in [2.45, 2.75) is 26.2 Å². The van der Waals surface area contributed by atoms with E-state index in [1.54, 1.807) is 11.0 Å². The van der Waals surface area contributed by atoms with Gasteiger partial charge in [0.05, 0.1) is 10.7 Å². The van der Waals surface area contributed by atoms with Crippen molar-refractivity contribution < 1.29 is 14.0 Å². The highest BCUT2D eigenvalue weighted by Gasteiger charge is 2.26. The number of likely N-dealkylation sites (tertiary alicyclic amines) is 1. The Morgan fingerprint density at radius 2 is 2.07 bits per heavy atom. The molecule has 1 saturated heterocycles. The number of amides is 3. The highest BCUT2D eigenvalue weighted by molar-refractivity contribution is 7.16. The fourth-order valence-electron chi connectivity index (χ4n) is 3.07. The fraction of sp³-hybridized carbons (Fsp3) is 0.389. The van der Waals surface area contributed by atoms with Crippen LogP contribution in [-0.2, 0) is 11.2 Å². The highest BCUT2D eigenvalue weighted by Crippen LogP contribution is 2.28. The van der Waals surface area contributed by atoms with E-state index in [9.17, 15) is 14.0 Å². The number of halogens is 2. The number of aromatic nitrogens is 1. The van der Waals surface area contributed by atoms with Crippen LogP contribution in [-0.4, -0.2) is 34.9 Å². The summed E-state index contributed by atoms with van der Waals surface area (Å²) in [6, 6.07) is 4.15. The zero-order valence-corrected chi connectivity index (χ0v) is 16.4. The quantitative estimate of drug-likeness (QED) is 0.807. The maximum Gasteiger partial charge on any atom is 0.322 e. The lowest BCUT2D eigenvalue weighted by Gasteiger charge is -2.30. The van der Waals surface area contributed by atoms with E-state index in [2.05, 4.69) is 10.3 Å². The van der Waals surface area contributed by atoms with Crippen molar-refractivity contribution >= 4 is 39.9 Å². The second-order valence-corrected chi connectivity index (χ2v) is 8.09. The first-order valence-electron chi connectivity index (χ1n) is 8.58. The van der Waals surface area contributed by atoms with E-state index in [0.29, 0.717) is 48.1 Å². The zero-order chi connectivity index (χ0) is 19.6. The minimum absolute atomic E-state index is 0.163. The predicted molar refractivity (Wildman–Crippen MR) is 104 cm³/mol. The molecule has 1 fully saturated rings. The molecule has 2 heterocycles. The summed E-state index contributed by atoms with van der Waals surface area (Å²) >= 11 is 7.24. The number of anilines is 1. The number of thiazole rings is 1. The average molecular weight is 411 g/mol. The third kappa shape index (κ3) is 4.95. The number of hydrogen-bond acceptors (Lipinski definition) is 4. The van der Waals surface area contributed by atoms with Crippen LogP contribution < -0.4 is 11.1 Å². The highest BCUT2D eigenvalue weighted by atomic mass is 35.5. The van der Waals surface area contributed by atoms with E-state index in [0.717, 1.165) is 10.6 Å². The summed E-state index contributed by atoms with van der Waals surface area (Å²) in [6.07, 6.45) is 1.59. The molecule has 3 rings (SSSR count). The summed E-state index contributed by atoms with van der Waals surface area (Å²) < 4.78 is 13.5. The minimum Gasteiger partial charge on any atom is -0.369 e. The van der Waals surface area contributed by atoms with Gasteiger partial charge in [0.15, 0.2) is 0 Å². The number of nitrogens with one attached hydrogen (secondary N) is 1. The van der Waals surface area contributed by atoms with Gasteiger partial charge in [-0.05, 0) is 43.5 Å². The fourth-order valence-corrected chi connectivity index (χ4v) is 4.31. The third-order valence-corrected chi connectivity index (χ3v) is 5.81. The maximum atomic E-state index is 13.5. The van der Waals surface area contributed by atoms with Crippen molar-refractivity contribution in [3.05, 3.63) is 45.3 Å². The molecule has 0 aliphatic carbocycles. The molecule has 0 spiro atoms. The molecule has 3 amide bonds. The van der Waals surface area contributed by atoms with Crippen LogP contribution >= 0.6 is 22.9 Å². The van der Waals surface area contributed by atoms with Gasteiger partial charge in [0.1, 0.15) is 10.8 Å². The molecule has 144 valence electrons. The molecule has 2 aromatic rings. The molecule has 1 aromatic heterocycles. The number of piperidine rings is 1. The van der Waals surface area contributed by atoms with E-state index >= 15 is 0 Å². The van der Waals surface area contributed by atoms with Gasteiger partial charge >= 0.3 is 6.03 Å². The first-order valence-corrected chi connectivity index (χ1v) is 9.78. The van der Waals surface area contributed by atoms with Gasteiger partial charge in [0.2, 0.25) is 5.91 Å². The van der Waals surface area contributed by atoms with Gasteiger partial charge in [-0.2, -0.15) is 0 Å². The Labute approximate surface area is 165 Å². The van der Waals surface area contributed by atoms with Gasteiger partial charge in [0.25, 0.3) is 0 Å². The lowest BCUT2D eigenvalue weighted by atomic mass is 9.96. The Hall–Kier alpha value is -2.19. The zero-order valence-electron chi connectivity index (χ0n) is 14.8. The minimum atomic E-state index is -0.390.